The molecule has 0 aliphatic rings. The maximum atomic E-state index is 11.5. The summed E-state index contributed by atoms with van der Waals surface area (Å²) in [5.41, 5.74) is 6.36. The fraction of sp³-hybridized carbons (Fsp3) is 0.273. The van der Waals surface area contributed by atoms with E-state index in [1.54, 1.807) is 13.8 Å². The molecular weight excluding hydrogens is 228 g/mol. The molecule has 0 saturated carbocycles. The highest BCUT2D eigenvalue weighted by molar-refractivity contribution is 6.33. The summed E-state index contributed by atoms with van der Waals surface area (Å²) in [7, 11) is 0. The Labute approximate surface area is 98.8 Å². The van der Waals surface area contributed by atoms with Crippen LogP contribution in [0, 0.1) is 11.8 Å². The number of nitrogens with zero attached hydrogens (tertiary/aromatic N) is 1. The van der Waals surface area contributed by atoms with Gasteiger partial charge in [0.2, 0.25) is 0 Å². The first kappa shape index (κ1) is 12.3. The van der Waals surface area contributed by atoms with Gasteiger partial charge in [0.15, 0.2) is 5.69 Å². The number of rotatable bonds is 2. The molecule has 1 heterocycles. The van der Waals surface area contributed by atoms with E-state index in [0.29, 0.717) is 11.4 Å². The summed E-state index contributed by atoms with van der Waals surface area (Å²) in [4.78, 5) is 15.5. The normalized spacial score (nSPS) is 9.19. The third-order valence-electron chi connectivity index (χ3n) is 1.72. The van der Waals surface area contributed by atoms with Crippen LogP contribution in [0.5, 0.6) is 0 Å². The van der Waals surface area contributed by atoms with Crippen LogP contribution in [0.15, 0.2) is 6.07 Å². The van der Waals surface area contributed by atoms with Crippen LogP contribution < -0.4 is 5.73 Å². The predicted molar refractivity (Wildman–Crippen MR) is 62.2 cm³/mol. The molecule has 16 heavy (non-hydrogen) atoms. The van der Waals surface area contributed by atoms with Gasteiger partial charge in [0.05, 0.1) is 17.3 Å². The molecule has 1 rings (SSSR count). The Hall–Kier alpha value is -1.73. The quantitative estimate of drug-likeness (QED) is 0.631. The molecule has 1 aromatic heterocycles. The van der Waals surface area contributed by atoms with Crippen molar-refractivity contribution in [1.82, 2.24) is 4.98 Å². The number of carbonyl (C=O) groups excluding carboxylic acids is 1. The minimum Gasteiger partial charge on any atom is -0.461 e. The van der Waals surface area contributed by atoms with Crippen LogP contribution in [0.3, 0.4) is 0 Å². The number of ether oxygens (including phenoxy) is 1. The van der Waals surface area contributed by atoms with Crippen molar-refractivity contribution in [1.29, 1.82) is 0 Å². The van der Waals surface area contributed by atoms with Crippen LogP contribution in [-0.2, 0) is 4.74 Å². The Kier molecular flexibility index (Phi) is 4.15. The Morgan fingerprint density at radius 3 is 2.94 bits per heavy atom. The van der Waals surface area contributed by atoms with Crippen molar-refractivity contribution < 1.29 is 9.53 Å². The summed E-state index contributed by atoms with van der Waals surface area (Å²) in [6.07, 6.45) is 0. The lowest BCUT2D eigenvalue weighted by atomic mass is 10.2. The van der Waals surface area contributed by atoms with Gasteiger partial charge in [0, 0.05) is 0 Å². The van der Waals surface area contributed by atoms with E-state index in [2.05, 4.69) is 16.8 Å². The molecule has 84 valence electrons. The second-order valence-corrected chi connectivity index (χ2v) is 3.26. The zero-order valence-corrected chi connectivity index (χ0v) is 9.76. The molecule has 0 spiro atoms. The summed E-state index contributed by atoms with van der Waals surface area (Å²) in [5, 5.41) is 0.164. The van der Waals surface area contributed by atoms with Crippen molar-refractivity contribution in [2.75, 3.05) is 12.3 Å². The van der Waals surface area contributed by atoms with E-state index in [-0.39, 0.29) is 17.3 Å². The molecule has 0 saturated heterocycles. The highest BCUT2D eigenvalue weighted by Gasteiger charge is 2.15. The van der Waals surface area contributed by atoms with Gasteiger partial charge in [-0.05, 0) is 25.8 Å². The van der Waals surface area contributed by atoms with Gasteiger partial charge in [-0.2, -0.15) is 0 Å². The average molecular weight is 239 g/mol. The second kappa shape index (κ2) is 5.38. The topological polar surface area (TPSA) is 65.2 Å². The highest BCUT2D eigenvalue weighted by Crippen LogP contribution is 2.20. The fourth-order valence-electron chi connectivity index (χ4n) is 1.06. The molecule has 1 aromatic rings. The lowest BCUT2D eigenvalue weighted by molar-refractivity contribution is 0.0519. The van der Waals surface area contributed by atoms with Gasteiger partial charge >= 0.3 is 5.97 Å². The van der Waals surface area contributed by atoms with E-state index in [0.717, 1.165) is 0 Å². The van der Waals surface area contributed by atoms with Crippen molar-refractivity contribution in [3.8, 4) is 11.8 Å². The minimum absolute atomic E-state index is 0.0375. The van der Waals surface area contributed by atoms with Crippen molar-refractivity contribution >= 4 is 23.3 Å². The zero-order valence-electron chi connectivity index (χ0n) is 9.00. The highest BCUT2D eigenvalue weighted by atomic mass is 35.5. The van der Waals surface area contributed by atoms with E-state index in [1.807, 2.05) is 0 Å². The molecule has 0 fully saturated rings. The average Bonchev–Trinajstić information content (AvgIpc) is 2.22. The molecule has 0 aliphatic heterocycles. The molecule has 0 radical (unpaired) electrons. The Balaban J connectivity index is 3.22. The fourth-order valence-corrected chi connectivity index (χ4v) is 1.30. The van der Waals surface area contributed by atoms with Crippen LogP contribution >= 0.6 is 11.6 Å². The number of hydrogen-bond donors (Lipinski definition) is 1. The van der Waals surface area contributed by atoms with Crippen LogP contribution in [0.1, 0.15) is 30.0 Å². The third kappa shape index (κ3) is 2.65. The first-order chi connectivity index (χ1) is 7.60. The SMILES string of the molecule is CC#Cc1nc(C(=O)OCC)c(Cl)cc1N. The standard InChI is InChI=1S/C11H11ClN2O2/c1-3-5-9-8(13)6-7(12)10(14-9)11(15)16-4-2/h6H,4,13H2,1-2H3. The number of halogens is 1. The van der Waals surface area contributed by atoms with Gasteiger partial charge in [-0.1, -0.05) is 17.5 Å². The number of pyridine rings is 1. The number of anilines is 1. The van der Waals surface area contributed by atoms with Crippen LogP contribution in [-0.4, -0.2) is 17.6 Å². The molecule has 0 amide bonds. The molecule has 0 unspecified atom stereocenters. The predicted octanol–water partition coefficient (Wildman–Crippen LogP) is 1.87. The molecule has 0 bridgehead atoms. The van der Waals surface area contributed by atoms with Gasteiger partial charge in [0.25, 0.3) is 0 Å². The van der Waals surface area contributed by atoms with Gasteiger partial charge in [-0.25, -0.2) is 9.78 Å². The van der Waals surface area contributed by atoms with Crippen LogP contribution in [0.2, 0.25) is 5.02 Å². The van der Waals surface area contributed by atoms with Crippen molar-refractivity contribution in [2.24, 2.45) is 0 Å². The lowest BCUT2D eigenvalue weighted by Gasteiger charge is -2.05. The number of esters is 1. The number of nitrogens with two attached hydrogens (primary N) is 1. The summed E-state index contributed by atoms with van der Waals surface area (Å²) in [5.74, 6) is 4.77. The smallest absolute Gasteiger partial charge is 0.358 e. The number of nitrogen functional groups attached to an aromatic ring is 1. The Bertz CT molecular complexity index is 475. The van der Waals surface area contributed by atoms with E-state index >= 15 is 0 Å². The number of carbonyl (C=O) groups is 1. The van der Waals surface area contributed by atoms with Crippen LogP contribution in [0.4, 0.5) is 5.69 Å². The summed E-state index contributed by atoms with van der Waals surface area (Å²) in [6.45, 7) is 3.62. The number of hydrogen-bond acceptors (Lipinski definition) is 4. The Morgan fingerprint density at radius 1 is 1.69 bits per heavy atom. The van der Waals surface area contributed by atoms with E-state index < -0.39 is 5.97 Å². The molecule has 0 aromatic carbocycles. The maximum Gasteiger partial charge on any atom is 0.358 e. The molecule has 0 atom stereocenters. The molecule has 0 aliphatic carbocycles. The first-order valence-corrected chi connectivity index (χ1v) is 5.03. The van der Waals surface area contributed by atoms with Crippen molar-refractivity contribution in [3.63, 3.8) is 0 Å². The van der Waals surface area contributed by atoms with Crippen LogP contribution in [0.25, 0.3) is 0 Å². The van der Waals surface area contributed by atoms with Gasteiger partial charge in [-0.15, -0.1) is 0 Å². The van der Waals surface area contributed by atoms with Gasteiger partial charge < -0.3 is 10.5 Å². The molecule has 5 heteroatoms. The third-order valence-corrected chi connectivity index (χ3v) is 2.01. The summed E-state index contributed by atoms with van der Waals surface area (Å²) < 4.78 is 4.81. The first-order valence-electron chi connectivity index (χ1n) is 4.66. The summed E-state index contributed by atoms with van der Waals surface area (Å²) in [6, 6.07) is 1.44. The lowest BCUT2D eigenvalue weighted by Crippen LogP contribution is -2.10. The Morgan fingerprint density at radius 2 is 2.38 bits per heavy atom. The molecule has 2 N–H and O–H groups in total. The zero-order chi connectivity index (χ0) is 12.1. The monoisotopic (exact) mass is 238 g/mol. The largest absolute Gasteiger partial charge is 0.461 e. The minimum atomic E-state index is -0.577. The van der Waals surface area contributed by atoms with Gasteiger partial charge in [0.1, 0.15) is 5.69 Å². The van der Waals surface area contributed by atoms with Crippen molar-refractivity contribution in [2.45, 2.75) is 13.8 Å². The second-order valence-electron chi connectivity index (χ2n) is 2.85. The van der Waals surface area contributed by atoms with Gasteiger partial charge in [-0.3, -0.25) is 0 Å². The van der Waals surface area contributed by atoms with Crippen molar-refractivity contribution in [3.05, 3.63) is 22.5 Å². The summed E-state index contributed by atoms with van der Waals surface area (Å²) >= 11 is 5.84. The molecular formula is C11H11ClN2O2. The number of aromatic nitrogens is 1. The van der Waals surface area contributed by atoms with E-state index in [1.165, 1.54) is 6.07 Å². The maximum absolute atomic E-state index is 11.5. The van der Waals surface area contributed by atoms with E-state index in [9.17, 15) is 4.79 Å². The van der Waals surface area contributed by atoms with E-state index in [4.69, 9.17) is 22.1 Å². The molecule has 4 nitrogen and oxygen atoms in total.